The van der Waals surface area contributed by atoms with E-state index >= 15 is 0 Å². The fourth-order valence-corrected chi connectivity index (χ4v) is 0.841. The molecule has 88 valence electrons. The number of aliphatic hydroxyl groups is 1. The van der Waals surface area contributed by atoms with E-state index in [9.17, 15) is 0 Å². The zero-order chi connectivity index (χ0) is 11.6. The van der Waals surface area contributed by atoms with E-state index in [4.69, 9.17) is 24.4 Å². The topological polar surface area (TPSA) is 104 Å². The van der Waals surface area contributed by atoms with Crippen LogP contribution in [0.25, 0.3) is 0 Å². The molecule has 0 aromatic carbocycles. The molecular formula is C8H19NaO5P-. The molecule has 0 aromatic heterocycles. The van der Waals surface area contributed by atoms with E-state index in [1.165, 1.54) is 19.3 Å². The van der Waals surface area contributed by atoms with Crippen LogP contribution in [0.15, 0.2) is 0 Å². The molecule has 0 bridgehead atoms. The molecule has 0 amide bonds. The van der Waals surface area contributed by atoms with Crippen molar-refractivity contribution in [2.24, 2.45) is 5.92 Å². The Morgan fingerprint density at radius 2 is 1.60 bits per heavy atom. The first-order chi connectivity index (χ1) is 6.27. The van der Waals surface area contributed by atoms with Gasteiger partial charge in [0.15, 0.2) is 0 Å². The third kappa shape index (κ3) is 51.5. The zero-order valence-corrected chi connectivity index (χ0v) is 12.6. The molecular weight excluding hydrogens is 230 g/mol. The summed E-state index contributed by atoms with van der Waals surface area (Å²) < 4.78 is 8.66. The molecule has 0 saturated heterocycles. The van der Waals surface area contributed by atoms with Crippen molar-refractivity contribution in [2.45, 2.75) is 39.5 Å². The average molecular weight is 249 g/mol. The van der Waals surface area contributed by atoms with Gasteiger partial charge in [0, 0.05) is 6.61 Å². The summed E-state index contributed by atoms with van der Waals surface area (Å²) in [5.74, 6) is 0.823. The minimum absolute atomic E-state index is 0. The summed E-state index contributed by atoms with van der Waals surface area (Å²) in [7, 11) is -5.14. The maximum absolute atomic E-state index is 8.66. The third-order valence-electron chi connectivity index (χ3n) is 1.44. The predicted molar refractivity (Wildman–Crippen MR) is 50.2 cm³/mol. The van der Waals surface area contributed by atoms with Crippen LogP contribution in [0.1, 0.15) is 39.5 Å². The molecule has 0 rings (SSSR count). The molecule has 0 radical (unpaired) electrons. The second-order valence-electron chi connectivity index (χ2n) is 3.44. The van der Waals surface area contributed by atoms with Crippen molar-refractivity contribution >= 4 is 7.82 Å². The van der Waals surface area contributed by atoms with Crippen molar-refractivity contribution in [3.63, 3.8) is 0 Å². The van der Waals surface area contributed by atoms with Crippen LogP contribution in [0.2, 0.25) is 0 Å². The second kappa shape index (κ2) is 13.1. The molecule has 0 aromatic rings. The summed E-state index contributed by atoms with van der Waals surface area (Å²) in [6.07, 6.45) is 4.75. The summed E-state index contributed by atoms with van der Waals surface area (Å²) >= 11 is 0. The van der Waals surface area contributed by atoms with E-state index in [1.807, 2.05) is 0 Å². The molecule has 2 N–H and O–H groups in total. The van der Waals surface area contributed by atoms with Crippen LogP contribution in [-0.4, -0.2) is 16.6 Å². The van der Waals surface area contributed by atoms with Crippen LogP contribution in [0.5, 0.6) is 0 Å². The number of hydrogen-bond donors (Lipinski definition) is 2. The van der Waals surface area contributed by atoms with Gasteiger partial charge in [0.2, 0.25) is 0 Å². The van der Waals surface area contributed by atoms with Crippen LogP contribution < -0.4 is 39.3 Å². The number of phosphoric acid groups is 1. The fraction of sp³-hybridized carbons (Fsp3) is 1.00. The Kier molecular flexibility index (Phi) is 18.7. The maximum atomic E-state index is 8.66. The molecule has 0 fully saturated rings. The van der Waals surface area contributed by atoms with Gasteiger partial charge in [-0.25, -0.2) is 0 Å². The molecule has 15 heavy (non-hydrogen) atoms. The quantitative estimate of drug-likeness (QED) is 0.307. The number of unbranched alkanes of at least 4 members (excludes halogenated alkanes) is 2. The number of aliphatic hydroxyl groups excluding tert-OH is 1. The van der Waals surface area contributed by atoms with Gasteiger partial charge >= 0.3 is 29.6 Å². The monoisotopic (exact) mass is 249 g/mol. The van der Waals surface area contributed by atoms with Gasteiger partial charge in [-0.1, -0.05) is 33.1 Å². The molecule has 0 heterocycles. The second-order valence-corrected chi connectivity index (χ2v) is 4.37. The van der Waals surface area contributed by atoms with Crippen LogP contribution in [0.4, 0.5) is 0 Å². The Bertz CT molecular complexity index is 151. The predicted octanol–water partition coefficient (Wildman–Crippen LogP) is -2.99. The molecule has 0 atom stereocenters. The Labute approximate surface area is 113 Å². The van der Waals surface area contributed by atoms with Crippen molar-refractivity contribution in [1.29, 1.82) is 0 Å². The minimum Gasteiger partial charge on any atom is -0.790 e. The normalized spacial score (nSPS) is 10.3. The standard InChI is InChI=1S/C8H18O.Na.H3O4P/c1-8(2)6-4-3-5-7-9;;1-5(2,3)4/h8-9H,3-7H2,1-2H3;;(H3,1,2,3,4)/q;+1;/p-2. The van der Waals surface area contributed by atoms with Gasteiger partial charge < -0.3 is 24.4 Å². The van der Waals surface area contributed by atoms with Crippen molar-refractivity contribution in [3.05, 3.63) is 0 Å². The van der Waals surface area contributed by atoms with Gasteiger partial charge in [-0.2, -0.15) is 0 Å². The van der Waals surface area contributed by atoms with Crippen molar-refractivity contribution < 1.29 is 53.9 Å². The van der Waals surface area contributed by atoms with E-state index in [0.29, 0.717) is 6.61 Å². The minimum atomic E-state index is -5.14. The summed E-state index contributed by atoms with van der Waals surface area (Å²) in [4.78, 5) is 24.3. The summed E-state index contributed by atoms with van der Waals surface area (Å²) in [6, 6.07) is 0. The first-order valence-corrected chi connectivity index (χ1v) is 6.12. The molecule has 0 aliphatic heterocycles. The molecule has 0 aliphatic rings. The Morgan fingerprint density at radius 3 is 1.87 bits per heavy atom. The van der Waals surface area contributed by atoms with Crippen LogP contribution in [0, 0.1) is 5.92 Å². The van der Waals surface area contributed by atoms with E-state index in [2.05, 4.69) is 13.8 Å². The van der Waals surface area contributed by atoms with E-state index in [0.717, 1.165) is 12.3 Å². The van der Waals surface area contributed by atoms with Gasteiger partial charge in [0.05, 0.1) is 7.82 Å². The molecule has 7 heteroatoms. The zero-order valence-electron chi connectivity index (χ0n) is 9.68. The smallest absolute Gasteiger partial charge is 0.790 e. The first-order valence-electron chi connectivity index (χ1n) is 4.63. The van der Waals surface area contributed by atoms with Gasteiger partial charge in [-0.3, -0.25) is 0 Å². The van der Waals surface area contributed by atoms with Gasteiger partial charge in [-0.15, -0.1) is 0 Å². The maximum Gasteiger partial charge on any atom is 1.00 e. The molecule has 5 nitrogen and oxygen atoms in total. The van der Waals surface area contributed by atoms with Crippen molar-refractivity contribution in [2.75, 3.05) is 6.61 Å². The number of rotatable bonds is 5. The van der Waals surface area contributed by atoms with Crippen LogP contribution in [0.3, 0.4) is 0 Å². The average Bonchev–Trinajstić information content (AvgIpc) is 1.94. The molecule has 0 aliphatic carbocycles. The van der Waals surface area contributed by atoms with Gasteiger partial charge in [0.25, 0.3) is 0 Å². The molecule has 0 saturated carbocycles. The SMILES string of the molecule is CC(C)CCCCCO.O=P([O-])([O-])O.[Na+]. The Balaban J connectivity index is -0.000000208. The van der Waals surface area contributed by atoms with Crippen LogP contribution >= 0.6 is 7.82 Å². The Morgan fingerprint density at radius 1 is 1.20 bits per heavy atom. The van der Waals surface area contributed by atoms with Gasteiger partial charge in [0.1, 0.15) is 0 Å². The van der Waals surface area contributed by atoms with Crippen molar-refractivity contribution in [3.8, 4) is 0 Å². The number of hydrogen-bond acceptors (Lipinski definition) is 4. The first kappa shape index (κ1) is 21.4. The summed E-state index contributed by atoms with van der Waals surface area (Å²) in [5, 5.41) is 8.43. The van der Waals surface area contributed by atoms with Crippen molar-refractivity contribution in [1.82, 2.24) is 0 Å². The largest absolute Gasteiger partial charge is 1.00 e. The van der Waals surface area contributed by atoms with E-state index in [1.54, 1.807) is 0 Å². The van der Waals surface area contributed by atoms with E-state index < -0.39 is 7.82 Å². The van der Waals surface area contributed by atoms with Crippen LogP contribution in [-0.2, 0) is 4.57 Å². The van der Waals surface area contributed by atoms with Gasteiger partial charge in [-0.05, 0) is 12.3 Å². The Hall–Kier alpha value is 1.07. The molecule has 0 unspecified atom stereocenters. The third-order valence-corrected chi connectivity index (χ3v) is 1.44. The fourth-order valence-electron chi connectivity index (χ4n) is 0.841. The van der Waals surface area contributed by atoms with E-state index in [-0.39, 0.29) is 29.6 Å². The summed E-state index contributed by atoms with van der Waals surface area (Å²) in [5.41, 5.74) is 0. The summed E-state index contributed by atoms with van der Waals surface area (Å²) in [6.45, 7) is 4.83. The molecule has 0 spiro atoms.